The second-order valence-corrected chi connectivity index (χ2v) is 6.46. The van der Waals surface area contributed by atoms with Gasteiger partial charge >= 0.3 is 5.97 Å². The molecule has 2 heteroatoms. The first kappa shape index (κ1) is 20.5. The van der Waals surface area contributed by atoms with Crippen molar-refractivity contribution in [1.82, 2.24) is 0 Å². The predicted molar refractivity (Wildman–Crippen MR) is 91.5 cm³/mol. The van der Waals surface area contributed by atoms with E-state index in [1.54, 1.807) is 0 Å². The van der Waals surface area contributed by atoms with Gasteiger partial charge in [-0.2, -0.15) is 0 Å². The SMILES string of the molecule is CCCCCCCCCCCCCCCC(C)C(=O)OC. The second kappa shape index (κ2) is 15.9. The highest BCUT2D eigenvalue weighted by Crippen LogP contribution is 2.15. The Balaban J connectivity index is 3.11. The largest absolute Gasteiger partial charge is 0.469 e. The van der Waals surface area contributed by atoms with Crippen LogP contribution in [0.5, 0.6) is 0 Å². The highest BCUT2D eigenvalue weighted by molar-refractivity contribution is 5.71. The molecule has 0 fully saturated rings. The quantitative estimate of drug-likeness (QED) is 0.263. The first-order valence-corrected chi connectivity index (χ1v) is 9.30. The minimum Gasteiger partial charge on any atom is -0.469 e. The zero-order chi connectivity index (χ0) is 15.8. The van der Waals surface area contributed by atoms with E-state index in [-0.39, 0.29) is 11.9 Å². The van der Waals surface area contributed by atoms with Crippen molar-refractivity contribution in [3.8, 4) is 0 Å². The minimum absolute atomic E-state index is 0.0612. The number of carbonyl (C=O) groups is 1. The van der Waals surface area contributed by atoms with Gasteiger partial charge in [0.15, 0.2) is 0 Å². The molecule has 126 valence electrons. The third-order valence-electron chi connectivity index (χ3n) is 4.34. The zero-order valence-electron chi connectivity index (χ0n) is 14.8. The number of rotatable bonds is 15. The van der Waals surface area contributed by atoms with Crippen LogP contribution in [0.25, 0.3) is 0 Å². The Bertz CT molecular complexity index is 226. The van der Waals surface area contributed by atoms with E-state index in [1.165, 1.54) is 84.2 Å². The van der Waals surface area contributed by atoms with Gasteiger partial charge in [0.25, 0.3) is 0 Å². The molecule has 0 heterocycles. The number of ether oxygens (including phenoxy) is 1. The summed E-state index contributed by atoms with van der Waals surface area (Å²) in [7, 11) is 1.47. The molecular formula is C19H38O2. The summed E-state index contributed by atoms with van der Waals surface area (Å²) in [5.74, 6) is 0.0108. The molecule has 0 amide bonds. The minimum atomic E-state index is -0.0612. The summed E-state index contributed by atoms with van der Waals surface area (Å²) in [5.41, 5.74) is 0. The predicted octanol–water partition coefficient (Wildman–Crippen LogP) is 6.28. The summed E-state index contributed by atoms with van der Waals surface area (Å²) in [6.45, 7) is 4.24. The highest BCUT2D eigenvalue weighted by atomic mass is 16.5. The van der Waals surface area contributed by atoms with Crippen molar-refractivity contribution >= 4 is 5.97 Å². The molecular weight excluding hydrogens is 260 g/mol. The van der Waals surface area contributed by atoms with E-state index in [0.717, 1.165) is 12.8 Å². The van der Waals surface area contributed by atoms with E-state index in [0.29, 0.717) is 0 Å². The molecule has 0 aromatic carbocycles. The van der Waals surface area contributed by atoms with Crippen molar-refractivity contribution < 1.29 is 9.53 Å². The number of carbonyl (C=O) groups excluding carboxylic acids is 1. The molecule has 0 spiro atoms. The molecule has 21 heavy (non-hydrogen) atoms. The van der Waals surface area contributed by atoms with Crippen LogP contribution in [0.15, 0.2) is 0 Å². The van der Waals surface area contributed by atoms with Crippen LogP contribution >= 0.6 is 0 Å². The summed E-state index contributed by atoms with van der Waals surface area (Å²) in [4.78, 5) is 11.2. The average Bonchev–Trinajstić information content (AvgIpc) is 2.50. The summed E-state index contributed by atoms with van der Waals surface area (Å²) in [6.07, 6.45) is 18.8. The van der Waals surface area contributed by atoms with Crippen LogP contribution in [0.4, 0.5) is 0 Å². The fourth-order valence-electron chi connectivity index (χ4n) is 2.79. The lowest BCUT2D eigenvalue weighted by Gasteiger charge is -2.08. The molecule has 0 bridgehead atoms. The maximum atomic E-state index is 11.2. The van der Waals surface area contributed by atoms with Gasteiger partial charge in [0.2, 0.25) is 0 Å². The Hall–Kier alpha value is -0.530. The fraction of sp³-hybridized carbons (Fsp3) is 0.947. The van der Waals surface area contributed by atoms with Gasteiger partial charge in [-0.05, 0) is 6.42 Å². The molecule has 2 nitrogen and oxygen atoms in total. The summed E-state index contributed by atoms with van der Waals surface area (Å²) in [5, 5.41) is 0. The maximum absolute atomic E-state index is 11.2. The van der Waals surface area contributed by atoms with Gasteiger partial charge in [-0.1, -0.05) is 97.3 Å². The molecule has 0 radical (unpaired) electrons. The molecule has 0 N–H and O–H groups in total. The van der Waals surface area contributed by atoms with E-state index in [1.807, 2.05) is 6.92 Å². The molecule has 0 saturated heterocycles. The molecule has 0 saturated carbocycles. The number of methoxy groups -OCH3 is 1. The summed E-state index contributed by atoms with van der Waals surface area (Å²) < 4.78 is 4.74. The van der Waals surface area contributed by atoms with Crippen LogP contribution in [-0.2, 0) is 9.53 Å². The summed E-state index contributed by atoms with van der Waals surface area (Å²) >= 11 is 0. The van der Waals surface area contributed by atoms with Crippen molar-refractivity contribution in [3.05, 3.63) is 0 Å². The Morgan fingerprint density at radius 2 is 1.14 bits per heavy atom. The van der Waals surface area contributed by atoms with Gasteiger partial charge in [0.05, 0.1) is 13.0 Å². The van der Waals surface area contributed by atoms with E-state index in [9.17, 15) is 4.79 Å². The van der Waals surface area contributed by atoms with Crippen molar-refractivity contribution in [2.45, 2.75) is 104 Å². The molecule has 0 aliphatic heterocycles. The molecule has 0 rings (SSSR count). The lowest BCUT2D eigenvalue weighted by molar-refractivity contribution is -0.145. The van der Waals surface area contributed by atoms with E-state index >= 15 is 0 Å². The lowest BCUT2D eigenvalue weighted by Crippen LogP contribution is -2.12. The Morgan fingerprint density at radius 3 is 1.52 bits per heavy atom. The molecule has 0 aliphatic carbocycles. The average molecular weight is 299 g/mol. The highest BCUT2D eigenvalue weighted by Gasteiger charge is 2.11. The Morgan fingerprint density at radius 1 is 0.762 bits per heavy atom. The van der Waals surface area contributed by atoms with Crippen LogP contribution in [0.3, 0.4) is 0 Å². The number of unbranched alkanes of at least 4 members (excludes halogenated alkanes) is 12. The van der Waals surface area contributed by atoms with Crippen molar-refractivity contribution in [1.29, 1.82) is 0 Å². The maximum Gasteiger partial charge on any atom is 0.308 e. The standard InChI is InChI=1S/C19H38O2/c1-4-5-6-7-8-9-10-11-12-13-14-15-16-17-18(2)19(20)21-3/h18H,4-17H2,1-3H3. The lowest BCUT2D eigenvalue weighted by atomic mass is 10.0. The second-order valence-electron chi connectivity index (χ2n) is 6.46. The van der Waals surface area contributed by atoms with E-state index < -0.39 is 0 Å². The third-order valence-corrected chi connectivity index (χ3v) is 4.34. The topological polar surface area (TPSA) is 26.3 Å². The van der Waals surface area contributed by atoms with Crippen molar-refractivity contribution in [2.24, 2.45) is 5.92 Å². The first-order valence-electron chi connectivity index (χ1n) is 9.30. The smallest absolute Gasteiger partial charge is 0.308 e. The molecule has 0 aromatic heterocycles. The Kier molecular flexibility index (Phi) is 15.5. The molecule has 0 aliphatic rings. The zero-order valence-corrected chi connectivity index (χ0v) is 14.8. The van der Waals surface area contributed by atoms with Gasteiger partial charge in [-0.15, -0.1) is 0 Å². The van der Waals surface area contributed by atoms with E-state index in [2.05, 4.69) is 6.92 Å². The number of hydrogen-bond donors (Lipinski definition) is 0. The Labute approximate surface area is 133 Å². The van der Waals surface area contributed by atoms with Crippen LogP contribution in [0.2, 0.25) is 0 Å². The first-order chi connectivity index (χ1) is 10.2. The monoisotopic (exact) mass is 298 g/mol. The normalized spacial score (nSPS) is 12.3. The van der Waals surface area contributed by atoms with Crippen LogP contribution in [0.1, 0.15) is 104 Å². The van der Waals surface area contributed by atoms with Gasteiger partial charge in [-0.3, -0.25) is 4.79 Å². The molecule has 0 aromatic rings. The van der Waals surface area contributed by atoms with Crippen molar-refractivity contribution in [3.63, 3.8) is 0 Å². The number of hydrogen-bond acceptors (Lipinski definition) is 2. The van der Waals surface area contributed by atoms with Crippen molar-refractivity contribution in [2.75, 3.05) is 7.11 Å². The van der Waals surface area contributed by atoms with Gasteiger partial charge in [0.1, 0.15) is 0 Å². The molecule has 1 atom stereocenters. The fourth-order valence-corrected chi connectivity index (χ4v) is 2.79. The summed E-state index contributed by atoms with van der Waals surface area (Å²) in [6, 6.07) is 0. The number of esters is 1. The third kappa shape index (κ3) is 14.2. The van der Waals surface area contributed by atoms with Gasteiger partial charge < -0.3 is 4.74 Å². The van der Waals surface area contributed by atoms with E-state index in [4.69, 9.17) is 4.74 Å². The van der Waals surface area contributed by atoms with Gasteiger partial charge in [0, 0.05) is 0 Å². The molecule has 1 unspecified atom stereocenters. The van der Waals surface area contributed by atoms with Crippen LogP contribution in [-0.4, -0.2) is 13.1 Å². The van der Waals surface area contributed by atoms with Gasteiger partial charge in [-0.25, -0.2) is 0 Å². The van der Waals surface area contributed by atoms with Crippen LogP contribution in [0, 0.1) is 5.92 Å². The van der Waals surface area contributed by atoms with Crippen LogP contribution < -0.4 is 0 Å².